The second-order valence-corrected chi connectivity index (χ2v) is 7.46. The van der Waals surface area contributed by atoms with E-state index in [9.17, 15) is 17.6 Å². The van der Waals surface area contributed by atoms with Gasteiger partial charge in [-0.15, -0.1) is 0 Å². The highest BCUT2D eigenvalue weighted by Gasteiger charge is 2.20. The van der Waals surface area contributed by atoms with Crippen LogP contribution in [0.15, 0.2) is 23.1 Å². The van der Waals surface area contributed by atoms with Crippen LogP contribution in [0.25, 0.3) is 0 Å². The summed E-state index contributed by atoms with van der Waals surface area (Å²) in [5.74, 6) is -1.35. The molecule has 1 aromatic carbocycles. The molecule has 0 saturated heterocycles. The first-order valence-corrected chi connectivity index (χ1v) is 8.51. The third-order valence-corrected chi connectivity index (χ3v) is 4.22. The fraction of sp³-hybridized carbons (Fsp3) is 0.462. The number of halogens is 2. The van der Waals surface area contributed by atoms with Crippen LogP contribution < -0.4 is 5.32 Å². The number of rotatable bonds is 6. The molecule has 8 heteroatoms. The molecule has 1 rings (SSSR count). The lowest BCUT2D eigenvalue weighted by atomic mass is 10.0. The first-order chi connectivity index (χ1) is 9.65. The molecule has 1 amide bonds. The summed E-state index contributed by atoms with van der Waals surface area (Å²) < 4.78 is 40.9. The molecule has 0 spiro atoms. The van der Waals surface area contributed by atoms with Gasteiger partial charge in [0.2, 0.25) is 0 Å². The lowest BCUT2D eigenvalue weighted by Gasteiger charge is -2.21. The third-order valence-electron chi connectivity index (χ3n) is 2.88. The van der Waals surface area contributed by atoms with Crippen molar-refractivity contribution in [1.29, 1.82) is 0 Å². The van der Waals surface area contributed by atoms with Gasteiger partial charge >= 0.3 is 0 Å². The monoisotopic (exact) mass is 337 g/mol. The van der Waals surface area contributed by atoms with Gasteiger partial charge in [0.15, 0.2) is 0 Å². The number of ether oxygens (including phenoxy) is 1. The summed E-state index contributed by atoms with van der Waals surface area (Å²) in [6.07, 6.45) is 0. The highest BCUT2D eigenvalue weighted by molar-refractivity contribution is 8.13. The average molecular weight is 338 g/mol. The van der Waals surface area contributed by atoms with Crippen LogP contribution in [0, 0.1) is 11.7 Å². The molecule has 0 fully saturated rings. The maximum Gasteiger partial charge on any atom is 0.261 e. The Hall–Kier alpha value is -1.18. The number of nitrogens with one attached hydrogen (secondary N) is 1. The zero-order chi connectivity index (χ0) is 16.2. The molecule has 118 valence electrons. The van der Waals surface area contributed by atoms with Crippen LogP contribution in [0.1, 0.15) is 24.2 Å². The van der Waals surface area contributed by atoms with Gasteiger partial charge in [0, 0.05) is 23.4 Å². The Morgan fingerprint density at radius 2 is 2.00 bits per heavy atom. The van der Waals surface area contributed by atoms with Gasteiger partial charge in [-0.2, -0.15) is 0 Å². The highest BCUT2D eigenvalue weighted by Crippen LogP contribution is 2.18. The van der Waals surface area contributed by atoms with Gasteiger partial charge in [-0.25, -0.2) is 12.8 Å². The number of benzene rings is 1. The number of hydrogen-bond acceptors (Lipinski definition) is 4. The summed E-state index contributed by atoms with van der Waals surface area (Å²) in [4.78, 5) is 11.6. The van der Waals surface area contributed by atoms with Gasteiger partial charge in [0.25, 0.3) is 15.0 Å². The van der Waals surface area contributed by atoms with E-state index in [1.54, 1.807) is 0 Å². The molecule has 5 nitrogen and oxygen atoms in total. The molecule has 0 saturated carbocycles. The third kappa shape index (κ3) is 5.26. The normalized spacial score (nSPS) is 13.2. The maximum absolute atomic E-state index is 13.4. The van der Waals surface area contributed by atoms with Gasteiger partial charge in [0.1, 0.15) is 5.82 Å². The van der Waals surface area contributed by atoms with E-state index in [0.717, 1.165) is 18.2 Å². The van der Waals surface area contributed by atoms with Crippen molar-refractivity contribution in [2.45, 2.75) is 24.8 Å². The molecule has 0 heterocycles. The van der Waals surface area contributed by atoms with Crippen LogP contribution in [-0.4, -0.2) is 34.1 Å². The number of carbonyl (C=O) groups is 1. The van der Waals surface area contributed by atoms with Crippen molar-refractivity contribution in [2.24, 2.45) is 5.92 Å². The van der Waals surface area contributed by atoms with Crippen LogP contribution in [-0.2, 0) is 13.8 Å². The number of amides is 1. The number of hydrogen-bond donors (Lipinski definition) is 1. The van der Waals surface area contributed by atoms with E-state index >= 15 is 0 Å². The quantitative estimate of drug-likeness (QED) is 0.807. The minimum absolute atomic E-state index is 0.0960. The highest BCUT2D eigenvalue weighted by atomic mass is 35.7. The standard InChI is InChI=1S/C13H17ClFNO4S/c1-8(2)12(7-20-3)16-13(17)9-4-10(15)6-11(5-9)21(14,18)19/h4-6,8,12H,7H2,1-3H3,(H,16,17). The number of carbonyl (C=O) groups excluding carboxylic acids is 1. The molecular weight excluding hydrogens is 321 g/mol. The van der Waals surface area contributed by atoms with Gasteiger partial charge < -0.3 is 10.1 Å². The fourth-order valence-corrected chi connectivity index (χ4v) is 2.45. The van der Waals surface area contributed by atoms with Gasteiger partial charge in [-0.1, -0.05) is 13.8 Å². The van der Waals surface area contributed by atoms with Crippen molar-refractivity contribution in [3.63, 3.8) is 0 Å². The molecule has 1 atom stereocenters. The van der Waals surface area contributed by atoms with E-state index in [1.807, 2.05) is 13.8 Å². The Morgan fingerprint density at radius 1 is 1.38 bits per heavy atom. The predicted molar refractivity (Wildman–Crippen MR) is 77.4 cm³/mol. The van der Waals surface area contributed by atoms with Crippen LogP contribution in [0.4, 0.5) is 4.39 Å². The topological polar surface area (TPSA) is 72.5 Å². The average Bonchev–Trinajstić information content (AvgIpc) is 2.36. The largest absolute Gasteiger partial charge is 0.383 e. The van der Waals surface area contributed by atoms with E-state index in [0.29, 0.717) is 6.61 Å². The summed E-state index contributed by atoms with van der Waals surface area (Å²) in [6.45, 7) is 4.08. The Kier molecular flexibility index (Phi) is 6.12. The first kappa shape index (κ1) is 17.9. The van der Waals surface area contributed by atoms with Crippen LogP contribution in [0.5, 0.6) is 0 Å². The molecule has 0 aliphatic heterocycles. The summed E-state index contributed by atoms with van der Waals surface area (Å²) in [6, 6.07) is 2.46. The summed E-state index contributed by atoms with van der Waals surface area (Å²) in [7, 11) is 2.56. The summed E-state index contributed by atoms with van der Waals surface area (Å²) in [5, 5.41) is 2.67. The van der Waals surface area contributed by atoms with Gasteiger partial charge in [-0.05, 0) is 24.1 Å². The first-order valence-electron chi connectivity index (χ1n) is 6.20. The van der Waals surface area contributed by atoms with E-state index < -0.39 is 25.7 Å². The Morgan fingerprint density at radius 3 is 2.48 bits per heavy atom. The Labute approximate surface area is 127 Å². The van der Waals surface area contributed by atoms with Crippen molar-refractivity contribution < 1.29 is 22.3 Å². The lowest BCUT2D eigenvalue weighted by Crippen LogP contribution is -2.41. The second kappa shape index (κ2) is 7.20. The summed E-state index contributed by atoms with van der Waals surface area (Å²) >= 11 is 0. The molecular formula is C13H17ClFNO4S. The van der Waals surface area contributed by atoms with Crippen LogP contribution in [0.3, 0.4) is 0 Å². The van der Waals surface area contributed by atoms with Gasteiger partial charge in [0.05, 0.1) is 17.5 Å². The SMILES string of the molecule is COCC(NC(=O)c1cc(F)cc(S(=O)(=O)Cl)c1)C(C)C. The number of methoxy groups -OCH3 is 1. The van der Waals surface area contributed by atoms with E-state index in [-0.39, 0.29) is 17.5 Å². The summed E-state index contributed by atoms with van der Waals surface area (Å²) in [5.41, 5.74) is -0.115. The molecule has 1 unspecified atom stereocenters. The zero-order valence-corrected chi connectivity index (χ0v) is 13.5. The molecule has 0 bridgehead atoms. The molecule has 0 aliphatic rings. The van der Waals surface area contributed by atoms with Crippen LogP contribution in [0.2, 0.25) is 0 Å². The van der Waals surface area contributed by atoms with Crippen molar-refractivity contribution >= 4 is 25.6 Å². The predicted octanol–water partition coefficient (Wildman–Crippen LogP) is 2.15. The van der Waals surface area contributed by atoms with E-state index in [1.165, 1.54) is 7.11 Å². The maximum atomic E-state index is 13.4. The van der Waals surface area contributed by atoms with Crippen molar-refractivity contribution in [1.82, 2.24) is 5.32 Å². The molecule has 21 heavy (non-hydrogen) atoms. The molecule has 1 aromatic rings. The molecule has 1 N–H and O–H groups in total. The zero-order valence-electron chi connectivity index (χ0n) is 11.9. The van der Waals surface area contributed by atoms with Crippen molar-refractivity contribution in [2.75, 3.05) is 13.7 Å². The second-order valence-electron chi connectivity index (χ2n) is 4.89. The minimum atomic E-state index is -4.11. The van der Waals surface area contributed by atoms with Gasteiger partial charge in [-0.3, -0.25) is 4.79 Å². The van der Waals surface area contributed by atoms with E-state index in [4.69, 9.17) is 15.4 Å². The van der Waals surface area contributed by atoms with Crippen LogP contribution >= 0.6 is 10.7 Å². The van der Waals surface area contributed by atoms with E-state index in [2.05, 4.69) is 5.32 Å². The fourth-order valence-electron chi connectivity index (χ4n) is 1.67. The Bertz CT molecular complexity index is 619. The molecule has 0 aliphatic carbocycles. The smallest absolute Gasteiger partial charge is 0.261 e. The lowest BCUT2D eigenvalue weighted by molar-refractivity contribution is 0.0866. The van der Waals surface area contributed by atoms with Crippen molar-refractivity contribution in [3.05, 3.63) is 29.6 Å². The Balaban J connectivity index is 3.05. The van der Waals surface area contributed by atoms with Crippen molar-refractivity contribution in [3.8, 4) is 0 Å². The minimum Gasteiger partial charge on any atom is -0.383 e. The molecule has 0 aromatic heterocycles. The molecule has 0 radical (unpaired) electrons.